The summed E-state index contributed by atoms with van der Waals surface area (Å²) >= 11 is 0. The van der Waals surface area contributed by atoms with Crippen LogP contribution in [0.3, 0.4) is 0 Å². The van der Waals surface area contributed by atoms with E-state index in [1.807, 2.05) is 0 Å². The van der Waals surface area contributed by atoms with Crippen molar-refractivity contribution in [1.29, 1.82) is 0 Å². The summed E-state index contributed by atoms with van der Waals surface area (Å²) in [6, 6.07) is 164. The molecule has 0 aliphatic carbocycles. The summed E-state index contributed by atoms with van der Waals surface area (Å²) in [6.45, 7) is 0. The first-order chi connectivity index (χ1) is 55.6. The lowest BCUT2D eigenvalue weighted by molar-refractivity contribution is 1.30. The monoisotopic (exact) mass is 1460 g/mol. The molecule has 0 radical (unpaired) electrons. The minimum atomic E-state index is -3.75. The van der Waals surface area contributed by atoms with Gasteiger partial charge < -0.3 is 4.90 Å². The molecule has 112 heavy (non-hydrogen) atoms. The van der Waals surface area contributed by atoms with Crippen LogP contribution in [0, 0.1) is 0 Å². The third-order valence-electron chi connectivity index (χ3n) is 25.8. The first-order valence-electron chi connectivity index (χ1n) is 39.3. The molecule has 3 spiro atoms. The molecule has 4 heteroatoms. The van der Waals surface area contributed by atoms with Crippen LogP contribution in [-0.4, -0.2) is 24.2 Å². The van der Waals surface area contributed by atoms with E-state index in [4.69, 9.17) is 0 Å². The molecule has 18 aromatic carbocycles. The largest absolute Gasteiger partial charge is 0.311 e. The van der Waals surface area contributed by atoms with Gasteiger partial charge in [-0.1, -0.05) is 419 Å². The van der Waals surface area contributed by atoms with Crippen LogP contribution in [-0.2, 0) is 0 Å². The van der Waals surface area contributed by atoms with Gasteiger partial charge in [0, 0.05) is 17.1 Å². The Bertz CT molecular complexity index is 5930. The van der Waals surface area contributed by atoms with Crippen LogP contribution in [0.5, 0.6) is 0 Å². The highest BCUT2D eigenvalue weighted by Crippen LogP contribution is 2.54. The van der Waals surface area contributed by atoms with E-state index >= 15 is 0 Å². The molecule has 24 rings (SSSR count). The van der Waals surface area contributed by atoms with Crippen molar-refractivity contribution >= 4 is 104 Å². The third kappa shape index (κ3) is 8.44. The molecule has 518 valence electrons. The van der Waals surface area contributed by atoms with E-state index in [-0.39, 0.29) is 0 Å². The van der Waals surface area contributed by atoms with Crippen molar-refractivity contribution in [3.8, 4) is 134 Å². The number of nitrogens with zero attached hydrogens (tertiary/aromatic N) is 1. The van der Waals surface area contributed by atoms with Crippen molar-refractivity contribution in [2.75, 3.05) is 4.90 Å². The van der Waals surface area contributed by atoms with Crippen LogP contribution in [0.2, 0.25) is 0 Å². The van der Waals surface area contributed by atoms with Crippen molar-refractivity contribution < 1.29 is 0 Å². The number of hydrogen-bond donors (Lipinski definition) is 0. The quantitative estimate of drug-likeness (QED) is 0.130. The molecule has 6 aliphatic rings. The van der Waals surface area contributed by atoms with Crippen molar-refractivity contribution in [3.05, 3.63) is 419 Å². The topological polar surface area (TPSA) is 3.24 Å². The predicted octanol–water partition coefficient (Wildman–Crippen LogP) is 19.2. The van der Waals surface area contributed by atoms with Gasteiger partial charge >= 0.3 is 0 Å². The van der Waals surface area contributed by atoms with Crippen LogP contribution < -0.4 is 67.1 Å². The molecule has 6 aliphatic heterocycles. The van der Waals surface area contributed by atoms with E-state index in [9.17, 15) is 0 Å². The molecule has 6 heterocycles. The van der Waals surface area contributed by atoms with Crippen LogP contribution in [0.1, 0.15) is 0 Å². The summed E-state index contributed by atoms with van der Waals surface area (Å²) in [5, 5.41) is 17.3. The first kappa shape index (κ1) is 63.3. The second-order valence-corrected chi connectivity index (χ2v) is 42.0. The van der Waals surface area contributed by atoms with Gasteiger partial charge in [0.2, 0.25) is 0 Å². The van der Waals surface area contributed by atoms with Crippen molar-refractivity contribution in [3.63, 3.8) is 0 Å². The molecule has 0 atom stereocenters. The smallest absolute Gasteiger partial charge is 0.185 e. The van der Waals surface area contributed by atoms with E-state index < -0.39 is 24.2 Å². The normalized spacial score (nSPS) is 14.1. The molecule has 0 saturated heterocycles. The lowest BCUT2D eigenvalue weighted by Gasteiger charge is -2.56. The Morgan fingerprint density at radius 3 is 0.455 bits per heavy atom. The minimum Gasteiger partial charge on any atom is -0.311 e. The molecule has 0 unspecified atom stereocenters. The minimum absolute atomic E-state index is 1.19. The highest BCUT2D eigenvalue weighted by atomic mass is 28.3. The molecule has 0 fully saturated rings. The third-order valence-corrected chi connectivity index (χ3v) is 40.4. The van der Waals surface area contributed by atoms with Gasteiger partial charge in [-0.2, -0.15) is 0 Å². The predicted molar refractivity (Wildman–Crippen MR) is 479 cm³/mol. The van der Waals surface area contributed by atoms with Crippen molar-refractivity contribution in [1.82, 2.24) is 0 Å². The second kappa shape index (κ2) is 24.2. The molecule has 0 amide bonds. The average molecular weight is 1470 g/mol. The van der Waals surface area contributed by atoms with Gasteiger partial charge in [0.15, 0.2) is 24.2 Å². The average Bonchev–Trinajstić information content (AvgIpc) is 1.24. The van der Waals surface area contributed by atoms with E-state index in [0.717, 1.165) is 0 Å². The summed E-state index contributed by atoms with van der Waals surface area (Å²) in [4.78, 5) is 2.99. The maximum atomic E-state index is 2.99. The summed E-state index contributed by atoms with van der Waals surface area (Å²) in [5.41, 5.74) is 33.9. The fourth-order valence-corrected chi connectivity index (χ4v) is 39.0. The lowest BCUT2D eigenvalue weighted by Crippen LogP contribution is -2.85. The molecule has 18 aromatic rings. The molecule has 1 nitrogen and oxygen atoms in total. The molecule has 0 saturated carbocycles. The molecule has 0 N–H and O–H groups in total. The van der Waals surface area contributed by atoms with Gasteiger partial charge in [0.25, 0.3) is 0 Å². The van der Waals surface area contributed by atoms with Crippen LogP contribution in [0.15, 0.2) is 419 Å². The summed E-state index contributed by atoms with van der Waals surface area (Å²) < 4.78 is 0. The molecule has 0 bridgehead atoms. The zero-order valence-corrected chi connectivity index (χ0v) is 64.3. The van der Waals surface area contributed by atoms with E-state index in [2.05, 4.69) is 423 Å². The van der Waals surface area contributed by atoms with E-state index in [1.54, 1.807) is 0 Å². The Balaban J connectivity index is 0.984. The van der Waals surface area contributed by atoms with Gasteiger partial charge in [-0.25, -0.2) is 0 Å². The molecule has 0 aromatic heterocycles. The fourth-order valence-electron chi connectivity index (χ4n) is 21.7. The van der Waals surface area contributed by atoms with Gasteiger partial charge in [-0.3, -0.25) is 0 Å². The van der Waals surface area contributed by atoms with Gasteiger partial charge in [-0.05, 0) is 196 Å². The Kier molecular flexibility index (Phi) is 13.7. The van der Waals surface area contributed by atoms with E-state index in [0.29, 0.717) is 0 Å². The maximum absolute atomic E-state index is 3.75. The highest BCUT2D eigenvalue weighted by Gasteiger charge is 2.66. The Hall–Kier alpha value is -13.6. The first-order valence-corrected chi connectivity index (χ1v) is 45.3. The zero-order valence-electron chi connectivity index (χ0n) is 61.3. The fraction of sp³-hybridized carbons (Fsp3) is 0. The number of fused-ring (bicyclic) bond motifs is 21. The van der Waals surface area contributed by atoms with Gasteiger partial charge in [0.1, 0.15) is 0 Å². The summed E-state index contributed by atoms with van der Waals surface area (Å²) in [6.07, 6.45) is 0. The highest BCUT2D eigenvalue weighted by molar-refractivity contribution is 7.30. The Morgan fingerprint density at radius 2 is 0.277 bits per heavy atom. The number of benzene rings is 18. The SMILES string of the molecule is c1ccc(-c2cccc(-c3ccccc3)c2-c2cc3c4c(c2)[Si]2(c5ccccc5-c5ccccc52)c2cc(-c5c(-c6ccccc6)cccc5-c5ccccc5)cc5c2N4c2c(cc(-c4c(-c6ccccc6)cccc4-c4ccccc4)cc2[Si]52c4ccccc4-c4ccccc42)[Si]32c3ccccc3-c3ccccc32)cc1. The standard InChI is InChI=1S/C108H69NSi3/c1-7-34-70(35-8-1)79-52-31-53-80(71-36-9-2-10-37-71)103(79)76-64-97-106-98(65-76)111(93-60-27-21-48-87(93)88-49-22-28-61-94(88)111)100-67-78(105-83(74-42-15-5-16-43-74)56-33-57-84(105)75-44-17-6-18-45-75)69-102-108(100)109(106)107-99(110(97)91-58-25-19-46-85(91)86-47-20-26-59-92(86)110)66-77(68-101(107)112(102)95-62-29-23-50-89(95)90-51-24-30-63-96(90)112)104-81(72-38-11-3-12-39-72)54-32-55-82(104)73-40-13-4-14-41-73/h1-69H. The van der Waals surface area contributed by atoms with E-state index in [1.165, 1.54) is 213 Å². The molecular formula is C108H69NSi3. The summed E-state index contributed by atoms with van der Waals surface area (Å²) in [5.74, 6) is 0. The van der Waals surface area contributed by atoms with Crippen LogP contribution >= 0.6 is 0 Å². The number of hydrogen-bond acceptors (Lipinski definition) is 1. The van der Waals surface area contributed by atoms with Crippen molar-refractivity contribution in [2.45, 2.75) is 0 Å². The molecular weight excluding hydrogens is 1400 g/mol. The van der Waals surface area contributed by atoms with Gasteiger partial charge in [-0.15, -0.1) is 0 Å². The maximum Gasteiger partial charge on any atom is 0.185 e. The number of anilines is 3. The Labute approximate surface area is 655 Å². The van der Waals surface area contributed by atoms with Crippen LogP contribution in [0.4, 0.5) is 17.1 Å². The number of rotatable bonds is 9. The second-order valence-electron chi connectivity index (χ2n) is 31.0. The van der Waals surface area contributed by atoms with Crippen LogP contribution in [0.25, 0.3) is 134 Å². The summed E-state index contributed by atoms with van der Waals surface area (Å²) in [7, 11) is -11.2. The van der Waals surface area contributed by atoms with Gasteiger partial charge in [0.05, 0.1) is 0 Å². The lowest BCUT2D eigenvalue weighted by atomic mass is 9.87. The zero-order chi connectivity index (χ0) is 73.4. The van der Waals surface area contributed by atoms with Crippen molar-refractivity contribution in [2.24, 2.45) is 0 Å². The Morgan fingerprint density at radius 1 is 0.125 bits per heavy atom.